The van der Waals surface area contributed by atoms with Gasteiger partial charge in [-0.2, -0.15) is 0 Å². The number of amides is 1. The SMILES string of the molecule is CC(=CCCCNC=O)C(=O)O. The van der Waals surface area contributed by atoms with E-state index in [1.165, 1.54) is 0 Å². The molecule has 0 heterocycles. The van der Waals surface area contributed by atoms with E-state index in [1.807, 2.05) is 0 Å². The summed E-state index contributed by atoms with van der Waals surface area (Å²) in [5.74, 6) is -0.890. The van der Waals surface area contributed by atoms with Crippen LogP contribution >= 0.6 is 0 Å². The molecule has 0 aliphatic carbocycles. The molecule has 0 saturated heterocycles. The van der Waals surface area contributed by atoms with Crippen LogP contribution in [0.5, 0.6) is 0 Å². The van der Waals surface area contributed by atoms with Crippen molar-refractivity contribution in [3.8, 4) is 0 Å². The van der Waals surface area contributed by atoms with Gasteiger partial charge >= 0.3 is 5.97 Å². The van der Waals surface area contributed by atoms with Crippen LogP contribution in [0.4, 0.5) is 0 Å². The average Bonchev–Trinajstić information content (AvgIpc) is 2.03. The van der Waals surface area contributed by atoms with Gasteiger partial charge in [0.25, 0.3) is 0 Å². The molecule has 0 unspecified atom stereocenters. The molecule has 68 valence electrons. The first kappa shape index (κ1) is 10.7. The molecular weight excluding hydrogens is 158 g/mol. The van der Waals surface area contributed by atoms with Gasteiger partial charge in [-0.3, -0.25) is 4.79 Å². The van der Waals surface area contributed by atoms with E-state index in [9.17, 15) is 9.59 Å². The average molecular weight is 171 g/mol. The number of carboxylic acids is 1. The molecule has 0 aliphatic rings. The summed E-state index contributed by atoms with van der Waals surface area (Å²) in [6, 6.07) is 0. The molecule has 0 spiro atoms. The second-order valence-corrected chi connectivity index (χ2v) is 2.41. The largest absolute Gasteiger partial charge is 0.478 e. The number of rotatable bonds is 6. The van der Waals surface area contributed by atoms with Gasteiger partial charge in [0, 0.05) is 12.1 Å². The van der Waals surface area contributed by atoms with Crippen LogP contribution in [0.2, 0.25) is 0 Å². The third-order valence-electron chi connectivity index (χ3n) is 1.40. The molecule has 4 nitrogen and oxygen atoms in total. The van der Waals surface area contributed by atoms with Crippen LogP contribution in [0.15, 0.2) is 11.6 Å². The van der Waals surface area contributed by atoms with E-state index in [2.05, 4.69) is 5.32 Å². The third kappa shape index (κ3) is 5.46. The van der Waals surface area contributed by atoms with Crippen LogP contribution in [-0.4, -0.2) is 24.0 Å². The summed E-state index contributed by atoms with van der Waals surface area (Å²) < 4.78 is 0. The molecule has 0 saturated carbocycles. The van der Waals surface area contributed by atoms with E-state index in [0.717, 1.165) is 6.42 Å². The predicted octanol–water partition coefficient (Wildman–Crippen LogP) is 0.544. The lowest BCUT2D eigenvalue weighted by Gasteiger charge is -1.95. The maximum Gasteiger partial charge on any atom is 0.330 e. The summed E-state index contributed by atoms with van der Waals surface area (Å²) in [7, 11) is 0. The molecule has 0 radical (unpaired) electrons. The number of carbonyl (C=O) groups is 2. The number of allylic oxidation sites excluding steroid dienone is 1. The fraction of sp³-hybridized carbons (Fsp3) is 0.500. The predicted molar refractivity (Wildman–Crippen MR) is 44.7 cm³/mol. The van der Waals surface area contributed by atoms with Crippen molar-refractivity contribution >= 4 is 12.4 Å². The van der Waals surface area contributed by atoms with Gasteiger partial charge in [0.15, 0.2) is 0 Å². The summed E-state index contributed by atoms with van der Waals surface area (Å²) in [6.45, 7) is 2.14. The van der Waals surface area contributed by atoms with Crippen molar-refractivity contribution in [2.75, 3.05) is 6.54 Å². The molecular formula is C8H13NO3. The van der Waals surface area contributed by atoms with Crippen LogP contribution in [-0.2, 0) is 9.59 Å². The first-order chi connectivity index (χ1) is 5.68. The molecule has 0 aromatic rings. The van der Waals surface area contributed by atoms with E-state index in [4.69, 9.17) is 5.11 Å². The zero-order chi connectivity index (χ0) is 9.40. The fourth-order valence-electron chi connectivity index (χ4n) is 0.669. The lowest BCUT2D eigenvalue weighted by molar-refractivity contribution is -0.132. The minimum Gasteiger partial charge on any atom is -0.478 e. The Morgan fingerprint density at radius 3 is 2.75 bits per heavy atom. The number of hydrogen-bond donors (Lipinski definition) is 2. The molecule has 4 heteroatoms. The Morgan fingerprint density at radius 1 is 1.58 bits per heavy atom. The molecule has 0 fully saturated rings. The number of unbranched alkanes of at least 4 members (excludes halogenated alkanes) is 1. The minimum absolute atomic E-state index is 0.348. The number of nitrogens with one attached hydrogen (secondary N) is 1. The van der Waals surface area contributed by atoms with E-state index in [0.29, 0.717) is 24.9 Å². The molecule has 12 heavy (non-hydrogen) atoms. The number of carbonyl (C=O) groups excluding carboxylic acids is 1. The highest BCUT2D eigenvalue weighted by molar-refractivity contribution is 5.85. The minimum atomic E-state index is -0.890. The Bertz CT molecular complexity index is 187. The lowest BCUT2D eigenvalue weighted by Crippen LogP contribution is -2.11. The van der Waals surface area contributed by atoms with Gasteiger partial charge in [-0.25, -0.2) is 4.79 Å². The number of hydrogen-bond acceptors (Lipinski definition) is 2. The Balaban J connectivity index is 3.46. The monoisotopic (exact) mass is 171 g/mol. The van der Waals surface area contributed by atoms with Gasteiger partial charge in [0.1, 0.15) is 0 Å². The molecule has 0 aliphatic heterocycles. The molecule has 2 N–H and O–H groups in total. The highest BCUT2D eigenvalue weighted by Crippen LogP contribution is 1.97. The Hall–Kier alpha value is -1.32. The molecule has 0 atom stereocenters. The quantitative estimate of drug-likeness (QED) is 0.348. The van der Waals surface area contributed by atoms with Crippen molar-refractivity contribution in [2.24, 2.45) is 0 Å². The highest BCUT2D eigenvalue weighted by atomic mass is 16.4. The highest BCUT2D eigenvalue weighted by Gasteiger charge is 1.96. The zero-order valence-corrected chi connectivity index (χ0v) is 7.04. The normalized spacial score (nSPS) is 10.9. The first-order valence-electron chi connectivity index (χ1n) is 3.75. The van der Waals surface area contributed by atoms with Gasteiger partial charge < -0.3 is 10.4 Å². The van der Waals surface area contributed by atoms with Crippen LogP contribution in [0.25, 0.3) is 0 Å². The van der Waals surface area contributed by atoms with E-state index < -0.39 is 5.97 Å². The van der Waals surface area contributed by atoms with Crippen LogP contribution in [0, 0.1) is 0 Å². The Labute approximate surface area is 71.3 Å². The summed E-state index contributed by atoms with van der Waals surface area (Å²) in [5.41, 5.74) is 0.348. The van der Waals surface area contributed by atoms with Crippen molar-refractivity contribution in [2.45, 2.75) is 19.8 Å². The van der Waals surface area contributed by atoms with Crippen molar-refractivity contribution in [3.63, 3.8) is 0 Å². The Kier molecular flexibility index (Phi) is 5.69. The van der Waals surface area contributed by atoms with Crippen molar-refractivity contribution < 1.29 is 14.7 Å². The second-order valence-electron chi connectivity index (χ2n) is 2.41. The number of aliphatic carboxylic acids is 1. The summed E-state index contributed by atoms with van der Waals surface area (Å²) in [6.07, 6.45) is 3.73. The molecule has 0 rings (SSSR count). The molecule has 1 amide bonds. The van der Waals surface area contributed by atoms with Crippen molar-refractivity contribution in [1.82, 2.24) is 5.32 Å². The first-order valence-corrected chi connectivity index (χ1v) is 3.75. The van der Waals surface area contributed by atoms with E-state index >= 15 is 0 Å². The standard InChI is InChI=1S/C8H13NO3/c1-7(8(11)12)4-2-3-5-9-6-10/h4,6H,2-3,5H2,1H3,(H,9,10)(H,11,12). The molecule has 0 aromatic heterocycles. The zero-order valence-electron chi connectivity index (χ0n) is 7.04. The fourth-order valence-corrected chi connectivity index (χ4v) is 0.669. The maximum atomic E-state index is 10.3. The van der Waals surface area contributed by atoms with Gasteiger partial charge in [0.2, 0.25) is 6.41 Å². The van der Waals surface area contributed by atoms with Gasteiger partial charge in [-0.1, -0.05) is 6.08 Å². The van der Waals surface area contributed by atoms with Gasteiger partial charge in [-0.15, -0.1) is 0 Å². The smallest absolute Gasteiger partial charge is 0.330 e. The molecule has 0 aromatic carbocycles. The van der Waals surface area contributed by atoms with E-state index in [1.54, 1.807) is 13.0 Å². The van der Waals surface area contributed by atoms with Crippen molar-refractivity contribution in [1.29, 1.82) is 0 Å². The van der Waals surface area contributed by atoms with Gasteiger partial charge in [-0.05, 0) is 19.8 Å². The van der Waals surface area contributed by atoms with Crippen LogP contribution in [0.3, 0.4) is 0 Å². The summed E-state index contributed by atoms with van der Waals surface area (Å²) >= 11 is 0. The number of carboxylic acid groups (broad SMARTS) is 1. The molecule has 0 bridgehead atoms. The third-order valence-corrected chi connectivity index (χ3v) is 1.40. The van der Waals surface area contributed by atoms with Crippen molar-refractivity contribution in [3.05, 3.63) is 11.6 Å². The van der Waals surface area contributed by atoms with Crippen LogP contribution in [0.1, 0.15) is 19.8 Å². The summed E-state index contributed by atoms with van der Waals surface area (Å²) in [4.78, 5) is 20.1. The second kappa shape index (κ2) is 6.39. The topological polar surface area (TPSA) is 66.4 Å². The van der Waals surface area contributed by atoms with Gasteiger partial charge in [0.05, 0.1) is 0 Å². The lowest BCUT2D eigenvalue weighted by atomic mass is 10.2. The van der Waals surface area contributed by atoms with E-state index in [-0.39, 0.29) is 0 Å². The Morgan fingerprint density at radius 2 is 2.25 bits per heavy atom. The summed E-state index contributed by atoms with van der Waals surface area (Å²) in [5, 5.41) is 10.9. The maximum absolute atomic E-state index is 10.3. The van der Waals surface area contributed by atoms with Crippen LogP contribution < -0.4 is 5.32 Å².